The van der Waals surface area contributed by atoms with Crippen LogP contribution in [0.1, 0.15) is 58.1 Å². The second-order valence-corrected chi connectivity index (χ2v) is 7.42. The number of rotatable bonds is 7. The summed E-state index contributed by atoms with van der Waals surface area (Å²) in [6.07, 6.45) is 0. The second-order valence-electron chi connectivity index (χ2n) is 6.44. The number of ether oxygens (including phenoxy) is 1. The Balaban J connectivity index is 1.83. The molecule has 1 unspecified atom stereocenters. The molecule has 0 aliphatic rings. The Morgan fingerprint density at radius 1 is 1.12 bits per heavy atom. The summed E-state index contributed by atoms with van der Waals surface area (Å²) in [6.45, 7) is 4.68. The molecular weight excluding hydrogens is 346 g/mol. The number of methoxy groups -OCH3 is 1. The van der Waals surface area contributed by atoms with E-state index in [9.17, 15) is 4.79 Å². The Labute approximate surface area is 157 Å². The van der Waals surface area contributed by atoms with Gasteiger partial charge < -0.3 is 14.5 Å². The summed E-state index contributed by atoms with van der Waals surface area (Å²) >= 11 is 1.62. The minimum absolute atomic E-state index is 0.209. The first-order valence-electron chi connectivity index (χ1n) is 8.60. The van der Waals surface area contributed by atoms with E-state index in [2.05, 4.69) is 43.4 Å². The minimum atomic E-state index is -0.237. The smallest absolute Gasteiger partial charge is 0.287 e. The van der Waals surface area contributed by atoms with Crippen molar-refractivity contribution in [3.63, 3.8) is 0 Å². The molecule has 1 N–H and O–H groups in total. The molecule has 0 saturated carbocycles. The Hall–Kier alpha value is -2.37. The second kappa shape index (κ2) is 8.34. The largest absolute Gasteiger partial charge is 0.453 e. The first-order valence-corrected chi connectivity index (χ1v) is 9.48. The number of hydrogen-bond donors (Lipinski definition) is 1. The van der Waals surface area contributed by atoms with Gasteiger partial charge in [0, 0.05) is 12.0 Å². The molecule has 0 bridgehead atoms. The molecular formula is C21H23NO3S. The van der Waals surface area contributed by atoms with Gasteiger partial charge in [-0.25, -0.2) is 0 Å². The van der Waals surface area contributed by atoms with Crippen molar-refractivity contribution in [2.45, 2.75) is 32.4 Å². The Bertz CT molecular complexity index is 835. The zero-order valence-corrected chi connectivity index (χ0v) is 16.0. The molecule has 136 valence electrons. The fraction of sp³-hybridized carbons (Fsp3) is 0.286. The fourth-order valence-corrected chi connectivity index (χ4v) is 3.57. The standard InChI is InChI=1S/C21H23NO3S/c1-14(2)15-6-8-16(9-7-15)20(19-5-4-12-26-19)22-21(23)18-11-10-17(25-18)13-24-3/h4-12,14,20H,13H2,1-3H3,(H,22,23). The Kier molecular flexibility index (Phi) is 5.91. The van der Waals surface area contributed by atoms with Crippen LogP contribution >= 0.6 is 11.3 Å². The lowest BCUT2D eigenvalue weighted by molar-refractivity contribution is 0.0907. The van der Waals surface area contributed by atoms with Crippen molar-refractivity contribution in [1.29, 1.82) is 0 Å². The van der Waals surface area contributed by atoms with E-state index in [-0.39, 0.29) is 17.7 Å². The number of furan rings is 1. The first-order chi connectivity index (χ1) is 12.6. The molecule has 0 fully saturated rings. The molecule has 1 atom stereocenters. The first kappa shape index (κ1) is 18.4. The average Bonchev–Trinajstić information content (AvgIpc) is 3.32. The number of nitrogens with one attached hydrogen (secondary N) is 1. The monoisotopic (exact) mass is 369 g/mol. The zero-order chi connectivity index (χ0) is 18.5. The lowest BCUT2D eigenvalue weighted by Gasteiger charge is -2.18. The van der Waals surface area contributed by atoms with Crippen LogP contribution in [0.2, 0.25) is 0 Å². The Morgan fingerprint density at radius 2 is 1.85 bits per heavy atom. The minimum Gasteiger partial charge on any atom is -0.453 e. The van der Waals surface area contributed by atoms with Crippen molar-refractivity contribution in [2.75, 3.05) is 7.11 Å². The molecule has 3 aromatic rings. The van der Waals surface area contributed by atoms with Gasteiger partial charge >= 0.3 is 0 Å². The number of amides is 1. The number of benzene rings is 1. The van der Waals surface area contributed by atoms with Crippen molar-refractivity contribution in [3.8, 4) is 0 Å². The highest BCUT2D eigenvalue weighted by molar-refractivity contribution is 7.10. The quantitative estimate of drug-likeness (QED) is 0.628. The summed E-state index contributed by atoms with van der Waals surface area (Å²) in [5, 5.41) is 5.11. The van der Waals surface area contributed by atoms with Crippen LogP contribution in [0.15, 0.2) is 58.3 Å². The van der Waals surface area contributed by atoms with Crippen LogP contribution in [-0.4, -0.2) is 13.0 Å². The van der Waals surface area contributed by atoms with E-state index in [0.29, 0.717) is 18.3 Å². The van der Waals surface area contributed by atoms with Crippen molar-refractivity contribution in [2.24, 2.45) is 0 Å². The number of hydrogen-bond acceptors (Lipinski definition) is 4. The van der Waals surface area contributed by atoms with Crippen LogP contribution in [0, 0.1) is 0 Å². The van der Waals surface area contributed by atoms with Crippen molar-refractivity contribution < 1.29 is 13.9 Å². The average molecular weight is 369 g/mol. The third kappa shape index (κ3) is 4.23. The molecule has 0 spiro atoms. The lowest BCUT2D eigenvalue weighted by Crippen LogP contribution is -2.28. The molecule has 5 heteroatoms. The maximum Gasteiger partial charge on any atom is 0.287 e. The van der Waals surface area contributed by atoms with Gasteiger partial charge in [-0.05, 0) is 40.6 Å². The van der Waals surface area contributed by atoms with E-state index >= 15 is 0 Å². The molecule has 1 amide bonds. The van der Waals surface area contributed by atoms with Gasteiger partial charge in [0.25, 0.3) is 5.91 Å². The number of carbonyl (C=O) groups is 1. The Morgan fingerprint density at radius 3 is 2.46 bits per heavy atom. The molecule has 0 saturated heterocycles. The van der Waals surface area contributed by atoms with Gasteiger partial charge in [0.1, 0.15) is 12.4 Å². The maximum atomic E-state index is 12.7. The summed E-state index contributed by atoms with van der Waals surface area (Å²) in [5.41, 5.74) is 2.33. The van der Waals surface area contributed by atoms with Gasteiger partial charge in [-0.2, -0.15) is 0 Å². The SMILES string of the molecule is COCc1ccc(C(=O)NC(c2ccc(C(C)C)cc2)c2cccs2)o1. The van der Waals surface area contributed by atoms with Crippen LogP contribution in [-0.2, 0) is 11.3 Å². The van der Waals surface area contributed by atoms with E-state index in [1.165, 1.54) is 5.56 Å². The molecule has 3 rings (SSSR count). The normalized spacial score (nSPS) is 12.3. The molecule has 4 nitrogen and oxygen atoms in total. The molecule has 1 aromatic carbocycles. The summed E-state index contributed by atoms with van der Waals surface area (Å²) in [6, 6.07) is 15.7. The molecule has 0 radical (unpaired) electrons. The van der Waals surface area contributed by atoms with E-state index in [4.69, 9.17) is 9.15 Å². The van der Waals surface area contributed by atoms with Gasteiger partial charge in [0.15, 0.2) is 5.76 Å². The highest BCUT2D eigenvalue weighted by atomic mass is 32.1. The number of thiophene rings is 1. The van der Waals surface area contributed by atoms with Gasteiger partial charge in [0.05, 0.1) is 6.04 Å². The molecule has 26 heavy (non-hydrogen) atoms. The van der Waals surface area contributed by atoms with E-state index in [1.807, 2.05) is 17.5 Å². The van der Waals surface area contributed by atoms with E-state index in [0.717, 1.165) is 10.4 Å². The maximum absolute atomic E-state index is 12.7. The third-order valence-electron chi connectivity index (χ3n) is 4.21. The van der Waals surface area contributed by atoms with E-state index < -0.39 is 0 Å². The van der Waals surface area contributed by atoms with Crippen LogP contribution in [0.25, 0.3) is 0 Å². The molecule has 2 heterocycles. The van der Waals surface area contributed by atoms with Crippen molar-refractivity contribution in [3.05, 3.63) is 81.4 Å². The van der Waals surface area contributed by atoms with Crippen LogP contribution in [0.3, 0.4) is 0 Å². The molecule has 0 aliphatic heterocycles. The summed E-state index contributed by atoms with van der Waals surface area (Å²) in [7, 11) is 1.59. The van der Waals surface area contributed by atoms with Crippen LogP contribution < -0.4 is 5.32 Å². The van der Waals surface area contributed by atoms with Gasteiger partial charge in [-0.3, -0.25) is 4.79 Å². The van der Waals surface area contributed by atoms with Gasteiger partial charge in [0.2, 0.25) is 0 Å². The fourth-order valence-electron chi connectivity index (χ4n) is 2.77. The third-order valence-corrected chi connectivity index (χ3v) is 5.15. The lowest BCUT2D eigenvalue weighted by atomic mass is 9.98. The van der Waals surface area contributed by atoms with Crippen LogP contribution in [0.4, 0.5) is 0 Å². The number of carbonyl (C=O) groups excluding carboxylic acids is 1. The molecule has 2 aromatic heterocycles. The van der Waals surface area contributed by atoms with E-state index in [1.54, 1.807) is 30.6 Å². The zero-order valence-electron chi connectivity index (χ0n) is 15.2. The van der Waals surface area contributed by atoms with Crippen LogP contribution in [0.5, 0.6) is 0 Å². The topological polar surface area (TPSA) is 51.5 Å². The molecule has 0 aliphatic carbocycles. The van der Waals surface area contributed by atoms with Crippen molar-refractivity contribution in [1.82, 2.24) is 5.32 Å². The summed E-state index contributed by atoms with van der Waals surface area (Å²) < 4.78 is 10.6. The summed E-state index contributed by atoms with van der Waals surface area (Å²) in [4.78, 5) is 13.8. The predicted octanol–water partition coefficient (Wildman–Crippen LogP) is 5.13. The highest BCUT2D eigenvalue weighted by Crippen LogP contribution is 2.28. The van der Waals surface area contributed by atoms with Gasteiger partial charge in [-0.1, -0.05) is 44.2 Å². The van der Waals surface area contributed by atoms with Gasteiger partial charge in [-0.15, -0.1) is 11.3 Å². The summed E-state index contributed by atoms with van der Waals surface area (Å²) in [5.74, 6) is 1.16. The predicted molar refractivity (Wildman–Crippen MR) is 104 cm³/mol. The van der Waals surface area contributed by atoms with Crippen molar-refractivity contribution >= 4 is 17.2 Å². The highest BCUT2D eigenvalue weighted by Gasteiger charge is 2.21.